The van der Waals surface area contributed by atoms with E-state index in [2.05, 4.69) is 19.2 Å². The molecule has 0 saturated heterocycles. The molecule has 0 spiro atoms. The molecule has 0 saturated carbocycles. The summed E-state index contributed by atoms with van der Waals surface area (Å²) in [6.07, 6.45) is -0.556. The number of anilines is 1. The molecule has 1 amide bonds. The van der Waals surface area contributed by atoms with Gasteiger partial charge in [0.1, 0.15) is 5.75 Å². The third kappa shape index (κ3) is 4.59. The van der Waals surface area contributed by atoms with Crippen LogP contribution in [0.2, 0.25) is 0 Å². The fraction of sp³-hybridized carbons (Fsp3) is 0.350. The van der Waals surface area contributed by atoms with Gasteiger partial charge in [0, 0.05) is 5.69 Å². The van der Waals surface area contributed by atoms with E-state index in [1.807, 2.05) is 56.3 Å². The summed E-state index contributed by atoms with van der Waals surface area (Å²) >= 11 is 0. The molecule has 122 valence electrons. The lowest BCUT2D eigenvalue weighted by molar-refractivity contribution is -0.122. The Morgan fingerprint density at radius 2 is 1.65 bits per heavy atom. The van der Waals surface area contributed by atoms with Crippen molar-refractivity contribution in [3.05, 3.63) is 59.2 Å². The Kier molecular flexibility index (Phi) is 5.43. The first-order valence-corrected chi connectivity index (χ1v) is 8.01. The lowest BCUT2D eigenvalue weighted by Gasteiger charge is -2.16. The summed E-state index contributed by atoms with van der Waals surface area (Å²) in [7, 11) is 0. The lowest BCUT2D eigenvalue weighted by atomic mass is 10.0. The minimum Gasteiger partial charge on any atom is -0.481 e. The SMILES string of the molecule is Cc1ccc(C)c(NC(=O)C(C)Oc2ccc(C(C)C)cc2)c1. The van der Waals surface area contributed by atoms with Crippen LogP contribution in [0.15, 0.2) is 42.5 Å². The van der Waals surface area contributed by atoms with Gasteiger partial charge in [-0.05, 0) is 61.6 Å². The average Bonchev–Trinajstić information content (AvgIpc) is 2.51. The second-order valence-electron chi connectivity index (χ2n) is 6.29. The molecular formula is C20H25NO2. The molecule has 2 aromatic carbocycles. The number of hydrogen-bond donors (Lipinski definition) is 1. The lowest BCUT2D eigenvalue weighted by Crippen LogP contribution is -2.30. The second kappa shape index (κ2) is 7.32. The van der Waals surface area contributed by atoms with Gasteiger partial charge in [0.15, 0.2) is 6.10 Å². The van der Waals surface area contributed by atoms with Crippen LogP contribution in [-0.4, -0.2) is 12.0 Å². The number of nitrogens with one attached hydrogen (secondary N) is 1. The molecule has 2 aromatic rings. The summed E-state index contributed by atoms with van der Waals surface area (Å²) in [5.41, 5.74) is 4.24. The van der Waals surface area contributed by atoms with E-state index in [4.69, 9.17) is 4.74 Å². The number of carbonyl (C=O) groups is 1. The number of ether oxygens (including phenoxy) is 1. The second-order valence-corrected chi connectivity index (χ2v) is 6.29. The summed E-state index contributed by atoms with van der Waals surface area (Å²) in [6.45, 7) is 10.0. The van der Waals surface area contributed by atoms with E-state index in [9.17, 15) is 4.79 Å². The van der Waals surface area contributed by atoms with Crippen molar-refractivity contribution in [3.8, 4) is 5.75 Å². The van der Waals surface area contributed by atoms with Crippen LogP contribution in [0.3, 0.4) is 0 Å². The molecule has 3 nitrogen and oxygen atoms in total. The minimum atomic E-state index is -0.556. The first-order chi connectivity index (χ1) is 10.9. The molecule has 0 heterocycles. The van der Waals surface area contributed by atoms with Crippen molar-refractivity contribution in [1.29, 1.82) is 0 Å². The Morgan fingerprint density at radius 3 is 2.26 bits per heavy atom. The van der Waals surface area contributed by atoms with Crippen molar-refractivity contribution < 1.29 is 9.53 Å². The maximum Gasteiger partial charge on any atom is 0.265 e. The van der Waals surface area contributed by atoms with Crippen LogP contribution >= 0.6 is 0 Å². The van der Waals surface area contributed by atoms with Gasteiger partial charge >= 0.3 is 0 Å². The van der Waals surface area contributed by atoms with Crippen molar-refractivity contribution in [1.82, 2.24) is 0 Å². The van der Waals surface area contributed by atoms with Crippen LogP contribution in [0.25, 0.3) is 0 Å². The molecule has 1 unspecified atom stereocenters. The van der Waals surface area contributed by atoms with Gasteiger partial charge in [-0.2, -0.15) is 0 Å². The summed E-state index contributed by atoms with van der Waals surface area (Å²) in [5, 5.41) is 2.94. The monoisotopic (exact) mass is 311 g/mol. The number of rotatable bonds is 5. The Morgan fingerprint density at radius 1 is 1.00 bits per heavy atom. The summed E-state index contributed by atoms with van der Waals surface area (Å²) in [6, 6.07) is 13.9. The molecule has 0 aliphatic rings. The van der Waals surface area contributed by atoms with Crippen LogP contribution in [0, 0.1) is 13.8 Å². The largest absolute Gasteiger partial charge is 0.481 e. The van der Waals surface area contributed by atoms with Crippen molar-refractivity contribution in [2.75, 3.05) is 5.32 Å². The van der Waals surface area contributed by atoms with Gasteiger partial charge in [0.25, 0.3) is 5.91 Å². The predicted molar refractivity (Wildman–Crippen MR) is 95.2 cm³/mol. The fourth-order valence-corrected chi connectivity index (χ4v) is 2.29. The highest BCUT2D eigenvalue weighted by Crippen LogP contribution is 2.20. The Balaban J connectivity index is 2.01. The maximum atomic E-state index is 12.3. The molecule has 0 aromatic heterocycles. The highest BCUT2D eigenvalue weighted by molar-refractivity contribution is 5.94. The molecule has 2 rings (SSSR count). The van der Waals surface area contributed by atoms with E-state index in [1.165, 1.54) is 5.56 Å². The van der Waals surface area contributed by atoms with Crippen LogP contribution < -0.4 is 10.1 Å². The number of hydrogen-bond acceptors (Lipinski definition) is 2. The molecule has 0 fully saturated rings. The van der Waals surface area contributed by atoms with Crippen LogP contribution in [-0.2, 0) is 4.79 Å². The highest BCUT2D eigenvalue weighted by atomic mass is 16.5. The van der Waals surface area contributed by atoms with Gasteiger partial charge in [0.2, 0.25) is 0 Å². The van der Waals surface area contributed by atoms with Crippen LogP contribution in [0.5, 0.6) is 5.75 Å². The van der Waals surface area contributed by atoms with Gasteiger partial charge in [0.05, 0.1) is 0 Å². The highest BCUT2D eigenvalue weighted by Gasteiger charge is 2.16. The van der Waals surface area contributed by atoms with Gasteiger partial charge < -0.3 is 10.1 Å². The van der Waals surface area contributed by atoms with Gasteiger partial charge in [-0.25, -0.2) is 0 Å². The maximum absolute atomic E-state index is 12.3. The molecule has 0 aliphatic carbocycles. The van der Waals surface area contributed by atoms with E-state index in [-0.39, 0.29) is 5.91 Å². The van der Waals surface area contributed by atoms with E-state index in [0.29, 0.717) is 11.7 Å². The van der Waals surface area contributed by atoms with E-state index >= 15 is 0 Å². The third-order valence-electron chi connectivity index (χ3n) is 3.88. The van der Waals surface area contributed by atoms with Crippen molar-refractivity contribution in [2.24, 2.45) is 0 Å². The topological polar surface area (TPSA) is 38.3 Å². The first-order valence-electron chi connectivity index (χ1n) is 8.01. The smallest absolute Gasteiger partial charge is 0.265 e. The molecule has 0 bridgehead atoms. The quantitative estimate of drug-likeness (QED) is 0.858. The van der Waals surface area contributed by atoms with Gasteiger partial charge in [-0.1, -0.05) is 38.1 Å². The molecule has 1 atom stereocenters. The van der Waals surface area contributed by atoms with Crippen molar-refractivity contribution in [3.63, 3.8) is 0 Å². The molecule has 1 N–H and O–H groups in total. The third-order valence-corrected chi connectivity index (χ3v) is 3.88. The average molecular weight is 311 g/mol. The molecule has 0 aliphatic heterocycles. The Bertz CT molecular complexity index is 675. The van der Waals surface area contributed by atoms with E-state index < -0.39 is 6.10 Å². The van der Waals surface area contributed by atoms with Crippen molar-refractivity contribution in [2.45, 2.75) is 46.6 Å². The van der Waals surface area contributed by atoms with Gasteiger partial charge in [-0.3, -0.25) is 4.79 Å². The van der Waals surface area contributed by atoms with Crippen molar-refractivity contribution >= 4 is 11.6 Å². The number of carbonyl (C=O) groups excluding carboxylic acids is 1. The minimum absolute atomic E-state index is 0.147. The standard InChI is InChI=1S/C20H25NO2/c1-13(2)17-8-10-18(11-9-17)23-16(5)20(22)21-19-12-14(3)6-7-15(19)4/h6-13,16H,1-5H3,(H,21,22). The van der Waals surface area contributed by atoms with Crippen LogP contribution in [0.1, 0.15) is 43.4 Å². The molecule has 23 heavy (non-hydrogen) atoms. The number of benzene rings is 2. The van der Waals surface area contributed by atoms with E-state index in [1.54, 1.807) is 6.92 Å². The Hall–Kier alpha value is -2.29. The zero-order valence-electron chi connectivity index (χ0n) is 14.5. The molecular weight excluding hydrogens is 286 g/mol. The summed E-state index contributed by atoms with van der Waals surface area (Å²) < 4.78 is 5.74. The first kappa shape index (κ1) is 17.1. The summed E-state index contributed by atoms with van der Waals surface area (Å²) in [5.74, 6) is 1.04. The normalized spacial score (nSPS) is 12.1. The number of aryl methyl sites for hydroxylation is 2. The zero-order chi connectivity index (χ0) is 17.0. The summed E-state index contributed by atoms with van der Waals surface area (Å²) in [4.78, 5) is 12.3. The molecule has 3 heteroatoms. The Labute approximate surface area is 138 Å². The number of amides is 1. The predicted octanol–water partition coefficient (Wildman–Crippen LogP) is 4.83. The molecule has 0 radical (unpaired) electrons. The van der Waals surface area contributed by atoms with Gasteiger partial charge in [-0.15, -0.1) is 0 Å². The zero-order valence-corrected chi connectivity index (χ0v) is 14.5. The fourth-order valence-electron chi connectivity index (χ4n) is 2.29. The van der Waals surface area contributed by atoms with Crippen LogP contribution in [0.4, 0.5) is 5.69 Å². The van der Waals surface area contributed by atoms with E-state index in [0.717, 1.165) is 16.8 Å².